The summed E-state index contributed by atoms with van der Waals surface area (Å²) in [4.78, 5) is 30.9. The van der Waals surface area contributed by atoms with Gasteiger partial charge >= 0.3 is 0 Å². The summed E-state index contributed by atoms with van der Waals surface area (Å²) in [6, 6.07) is 17.8. The van der Waals surface area contributed by atoms with Crippen LogP contribution in [0.4, 0.5) is 0 Å². The molecule has 1 saturated heterocycles. The van der Waals surface area contributed by atoms with Gasteiger partial charge in [-0.2, -0.15) is 5.10 Å². The second-order valence-corrected chi connectivity index (χ2v) is 7.91. The number of benzene rings is 2. The van der Waals surface area contributed by atoms with Crippen LogP contribution in [0.1, 0.15) is 29.6 Å². The van der Waals surface area contributed by atoms with Crippen molar-refractivity contribution in [2.45, 2.75) is 25.8 Å². The number of aromatic nitrogens is 3. The summed E-state index contributed by atoms with van der Waals surface area (Å²) in [6.07, 6.45) is 5.48. The molecule has 0 unspecified atom stereocenters. The largest absolute Gasteiger partial charge is 0.352 e. The highest BCUT2D eigenvalue weighted by Gasteiger charge is 2.24. The Morgan fingerprint density at radius 1 is 1.03 bits per heavy atom. The maximum absolute atomic E-state index is 12.6. The molecule has 1 aliphatic rings. The fourth-order valence-corrected chi connectivity index (χ4v) is 3.96. The maximum atomic E-state index is 12.6. The van der Waals surface area contributed by atoms with Crippen LogP contribution in [-0.2, 0) is 11.3 Å². The average molecular weight is 418 g/mol. The van der Waals surface area contributed by atoms with Crippen LogP contribution in [0.2, 0.25) is 0 Å². The van der Waals surface area contributed by atoms with Crippen LogP contribution in [-0.4, -0.2) is 51.1 Å². The number of carbonyl (C=O) groups is 2. The predicted octanol–water partition coefficient (Wildman–Crippen LogP) is 3.00. The Hall–Kier alpha value is -3.48. The Labute approximate surface area is 182 Å². The lowest BCUT2D eigenvalue weighted by Crippen LogP contribution is -2.43. The van der Waals surface area contributed by atoms with Crippen molar-refractivity contribution >= 4 is 11.8 Å². The van der Waals surface area contributed by atoms with Crippen molar-refractivity contribution in [1.82, 2.24) is 25.0 Å². The summed E-state index contributed by atoms with van der Waals surface area (Å²) in [5.74, 6) is 0.328. The summed E-state index contributed by atoms with van der Waals surface area (Å²) >= 11 is 0. The van der Waals surface area contributed by atoms with Gasteiger partial charge in [-0.1, -0.05) is 42.5 Å². The molecule has 160 valence electrons. The van der Waals surface area contributed by atoms with Crippen molar-refractivity contribution in [3.05, 3.63) is 72.8 Å². The molecule has 0 saturated carbocycles. The van der Waals surface area contributed by atoms with Gasteiger partial charge in [0.2, 0.25) is 5.91 Å². The highest BCUT2D eigenvalue weighted by Crippen LogP contribution is 2.20. The third-order valence-corrected chi connectivity index (χ3v) is 5.70. The first-order valence-electron chi connectivity index (χ1n) is 10.7. The van der Waals surface area contributed by atoms with E-state index in [0.717, 1.165) is 30.5 Å². The summed E-state index contributed by atoms with van der Waals surface area (Å²) in [7, 11) is 0. The molecule has 7 heteroatoms. The number of likely N-dealkylation sites (tertiary alicyclic amines) is 1. The molecular weight excluding hydrogens is 390 g/mol. The molecule has 0 radical (unpaired) electrons. The molecular formula is C24H27N5O2. The molecule has 0 aliphatic carbocycles. The first-order valence-corrected chi connectivity index (χ1v) is 10.7. The van der Waals surface area contributed by atoms with Gasteiger partial charge in [0.1, 0.15) is 12.7 Å². The van der Waals surface area contributed by atoms with Gasteiger partial charge in [0.25, 0.3) is 5.91 Å². The maximum Gasteiger partial charge on any atom is 0.251 e. The van der Waals surface area contributed by atoms with E-state index in [-0.39, 0.29) is 17.7 Å². The van der Waals surface area contributed by atoms with E-state index in [9.17, 15) is 9.59 Å². The van der Waals surface area contributed by atoms with Gasteiger partial charge < -0.3 is 10.2 Å². The molecule has 31 heavy (non-hydrogen) atoms. The van der Waals surface area contributed by atoms with Gasteiger partial charge in [0.15, 0.2) is 0 Å². The van der Waals surface area contributed by atoms with Crippen LogP contribution in [0, 0.1) is 5.92 Å². The Balaban J connectivity index is 1.25. The zero-order chi connectivity index (χ0) is 21.5. The zero-order valence-electron chi connectivity index (χ0n) is 17.5. The number of amides is 2. The molecule has 3 aromatic rings. The fourth-order valence-electron chi connectivity index (χ4n) is 3.96. The highest BCUT2D eigenvalue weighted by molar-refractivity contribution is 5.94. The SMILES string of the molecule is O=C(NC[C@@H]1CCCN(C(=O)CCn2cncn2)C1)c1ccc(-c2ccccc2)cc1. The molecule has 1 fully saturated rings. The molecule has 2 heterocycles. The summed E-state index contributed by atoms with van der Waals surface area (Å²) in [5.41, 5.74) is 2.87. The van der Waals surface area contributed by atoms with Crippen molar-refractivity contribution < 1.29 is 9.59 Å². The first-order chi connectivity index (χ1) is 15.2. The summed E-state index contributed by atoms with van der Waals surface area (Å²) < 4.78 is 1.67. The van der Waals surface area contributed by atoms with E-state index >= 15 is 0 Å². The second-order valence-electron chi connectivity index (χ2n) is 7.91. The van der Waals surface area contributed by atoms with Crippen molar-refractivity contribution in [3.8, 4) is 11.1 Å². The van der Waals surface area contributed by atoms with Gasteiger partial charge in [-0.25, -0.2) is 4.98 Å². The van der Waals surface area contributed by atoms with Crippen LogP contribution < -0.4 is 5.32 Å². The standard InChI is InChI=1S/C24H27N5O2/c30-23(12-14-29-18-25-17-27-29)28-13-4-5-19(16-28)15-26-24(31)22-10-8-21(9-11-22)20-6-2-1-3-7-20/h1-3,6-11,17-19H,4-5,12-16H2,(H,26,31)/t19-/m0/s1. The molecule has 2 amide bonds. The number of carbonyl (C=O) groups excluding carboxylic acids is 2. The monoisotopic (exact) mass is 417 g/mol. The van der Waals surface area contributed by atoms with Gasteiger partial charge in [0, 0.05) is 31.6 Å². The Morgan fingerprint density at radius 2 is 1.81 bits per heavy atom. The number of piperidine rings is 1. The molecule has 0 spiro atoms. The Bertz CT molecular complexity index is 987. The first kappa shape index (κ1) is 20.8. The van der Waals surface area contributed by atoms with Crippen molar-refractivity contribution in [2.24, 2.45) is 5.92 Å². The molecule has 0 bridgehead atoms. The third kappa shape index (κ3) is 5.57. The van der Waals surface area contributed by atoms with E-state index in [2.05, 4.69) is 27.5 Å². The van der Waals surface area contributed by atoms with Gasteiger partial charge in [0.05, 0.1) is 6.54 Å². The quantitative estimate of drug-likeness (QED) is 0.641. The summed E-state index contributed by atoms with van der Waals surface area (Å²) in [6.45, 7) is 2.58. The molecule has 2 aromatic carbocycles. The number of hydrogen-bond acceptors (Lipinski definition) is 4. The van der Waals surface area contributed by atoms with E-state index < -0.39 is 0 Å². The number of nitrogens with one attached hydrogen (secondary N) is 1. The molecule has 7 nitrogen and oxygen atoms in total. The molecule has 1 aliphatic heterocycles. The fraction of sp³-hybridized carbons (Fsp3) is 0.333. The minimum atomic E-state index is -0.0748. The Morgan fingerprint density at radius 3 is 2.55 bits per heavy atom. The second kappa shape index (κ2) is 10.0. The average Bonchev–Trinajstić information content (AvgIpc) is 3.35. The van der Waals surface area contributed by atoms with Crippen LogP contribution in [0.5, 0.6) is 0 Å². The smallest absolute Gasteiger partial charge is 0.251 e. The van der Waals surface area contributed by atoms with Gasteiger partial charge in [-0.15, -0.1) is 0 Å². The lowest BCUT2D eigenvalue weighted by Gasteiger charge is -2.33. The van der Waals surface area contributed by atoms with E-state index in [1.165, 1.54) is 6.33 Å². The molecule has 1 atom stereocenters. The highest BCUT2D eigenvalue weighted by atomic mass is 16.2. The lowest BCUT2D eigenvalue weighted by molar-refractivity contribution is -0.133. The number of rotatable bonds is 7. The van der Waals surface area contributed by atoms with Gasteiger partial charge in [-0.3, -0.25) is 14.3 Å². The predicted molar refractivity (Wildman–Crippen MR) is 118 cm³/mol. The van der Waals surface area contributed by atoms with Crippen LogP contribution in [0.3, 0.4) is 0 Å². The number of aryl methyl sites for hydroxylation is 1. The van der Waals surface area contributed by atoms with Crippen molar-refractivity contribution in [3.63, 3.8) is 0 Å². The van der Waals surface area contributed by atoms with Crippen molar-refractivity contribution in [2.75, 3.05) is 19.6 Å². The van der Waals surface area contributed by atoms with Gasteiger partial charge in [-0.05, 0) is 42.0 Å². The van der Waals surface area contributed by atoms with Crippen molar-refractivity contribution in [1.29, 1.82) is 0 Å². The zero-order valence-corrected chi connectivity index (χ0v) is 17.5. The topological polar surface area (TPSA) is 80.1 Å². The molecule has 1 N–H and O–H groups in total. The van der Waals surface area contributed by atoms with E-state index in [4.69, 9.17) is 0 Å². The summed E-state index contributed by atoms with van der Waals surface area (Å²) in [5, 5.41) is 7.08. The van der Waals surface area contributed by atoms with E-state index in [1.807, 2.05) is 47.4 Å². The number of hydrogen-bond donors (Lipinski definition) is 1. The van der Waals surface area contributed by atoms with E-state index in [1.54, 1.807) is 11.0 Å². The van der Waals surface area contributed by atoms with Crippen LogP contribution in [0.25, 0.3) is 11.1 Å². The minimum Gasteiger partial charge on any atom is -0.352 e. The molecule has 1 aromatic heterocycles. The number of nitrogens with zero attached hydrogens (tertiary/aromatic N) is 4. The third-order valence-electron chi connectivity index (χ3n) is 5.70. The minimum absolute atomic E-state index is 0.0748. The normalized spacial score (nSPS) is 16.1. The Kier molecular flexibility index (Phi) is 6.72. The molecule has 4 rings (SSSR count). The van der Waals surface area contributed by atoms with Crippen LogP contribution >= 0.6 is 0 Å². The van der Waals surface area contributed by atoms with E-state index in [0.29, 0.717) is 31.6 Å². The van der Waals surface area contributed by atoms with Crippen LogP contribution in [0.15, 0.2) is 67.3 Å². The lowest BCUT2D eigenvalue weighted by atomic mass is 9.97.